The van der Waals surface area contributed by atoms with Gasteiger partial charge < -0.3 is 0 Å². The lowest BCUT2D eigenvalue weighted by Crippen LogP contribution is -2.08. The molecule has 0 aliphatic rings. The molecule has 0 aromatic heterocycles. The van der Waals surface area contributed by atoms with Gasteiger partial charge in [0.15, 0.2) is 0 Å². The Morgan fingerprint density at radius 3 is 2.29 bits per heavy atom. The van der Waals surface area contributed by atoms with Crippen molar-refractivity contribution >= 4 is 12.6 Å². The molecule has 0 aliphatic heterocycles. The van der Waals surface area contributed by atoms with Gasteiger partial charge in [-0.25, -0.2) is 0 Å². The Labute approximate surface area is 51.0 Å². The van der Waals surface area contributed by atoms with E-state index < -0.39 is 0 Å². The quantitative estimate of drug-likeness (QED) is 0.485. The predicted molar refractivity (Wildman–Crippen MR) is 36.5 cm³/mol. The van der Waals surface area contributed by atoms with E-state index in [0.29, 0.717) is 0 Å². The molecule has 0 saturated heterocycles. The van der Waals surface area contributed by atoms with Gasteiger partial charge in [0, 0.05) is 4.75 Å². The van der Waals surface area contributed by atoms with Crippen molar-refractivity contribution < 1.29 is 0 Å². The van der Waals surface area contributed by atoms with Crippen molar-refractivity contribution in [3.05, 3.63) is 12.7 Å². The molecule has 0 heterocycles. The second-order valence-electron chi connectivity index (χ2n) is 1.87. The summed E-state index contributed by atoms with van der Waals surface area (Å²) in [6, 6.07) is 0. The van der Waals surface area contributed by atoms with Crippen molar-refractivity contribution in [3.8, 4) is 0 Å². The third kappa shape index (κ3) is 2.75. The second kappa shape index (κ2) is 2.41. The Morgan fingerprint density at radius 1 is 1.86 bits per heavy atom. The minimum Gasteiger partial charge on any atom is -0.102 e. The average Bonchev–Trinajstić information content (AvgIpc) is 1.68. The second-order valence-corrected chi connectivity index (χ2v) is 2.80. The van der Waals surface area contributed by atoms with E-state index in [0.717, 1.165) is 6.42 Å². The molecular weight excluding hydrogens is 104 g/mol. The van der Waals surface area contributed by atoms with Crippen LogP contribution in [0.5, 0.6) is 0 Å². The van der Waals surface area contributed by atoms with E-state index in [2.05, 4.69) is 13.5 Å². The molecule has 1 atom stereocenters. The molecule has 0 nitrogen and oxygen atoms in total. The van der Waals surface area contributed by atoms with E-state index >= 15 is 0 Å². The highest BCUT2D eigenvalue weighted by Gasteiger charge is 2.09. The van der Waals surface area contributed by atoms with Crippen molar-refractivity contribution in [1.29, 1.82) is 0 Å². The number of rotatable bonds is 2. The fourth-order valence-corrected chi connectivity index (χ4v) is 0.144. The van der Waals surface area contributed by atoms with E-state index in [-0.39, 0.29) is 4.75 Å². The van der Waals surface area contributed by atoms with Crippen molar-refractivity contribution in [2.24, 2.45) is 0 Å². The highest BCUT2D eigenvalue weighted by Crippen LogP contribution is 2.17. The Bertz CT molecular complexity index is 64.6. The van der Waals surface area contributed by atoms with Crippen molar-refractivity contribution in [2.45, 2.75) is 25.0 Å². The van der Waals surface area contributed by atoms with Gasteiger partial charge in [-0.2, -0.15) is 0 Å². The zero-order valence-electron chi connectivity index (χ0n) is 4.90. The molecule has 1 unspecified atom stereocenters. The molecule has 0 saturated carbocycles. The van der Waals surface area contributed by atoms with Gasteiger partial charge in [0.25, 0.3) is 0 Å². The van der Waals surface area contributed by atoms with Crippen LogP contribution < -0.4 is 0 Å². The molecule has 0 spiro atoms. The van der Waals surface area contributed by atoms with Gasteiger partial charge in [-0.1, -0.05) is 25.6 Å². The van der Waals surface area contributed by atoms with E-state index in [1.165, 1.54) is 0 Å². The lowest BCUT2D eigenvalue weighted by molar-refractivity contribution is 0.764. The summed E-state index contributed by atoms with van der Waals surface area (Å²) in [7, 11) is 0. The van der Waals surface area contributed by atoms with Gasteiger partial charge in [-0.15, -0.1) is 6.58 Å². The smallest absolute Gasteiger partial charge is 0.0409 e. The van der Waals surface area contributed by atoms with Crippen LogP contribution in [-0.2, 0) is 0 Å². The molecule has 0 amide bonds. The standard InChI is InChI=1S/C6H11S/c1-4-6(3,7)5-2/h4H,1,5H2,2-3H3. The summed E-state index contributed by atoms with van der Waals surface area (Å²) in [5.74, 6) is 0. The Kier molecular flexibility index (Phi) is 2.44. The van der Waals surface area contributed by atoms with Crippen LogP contribution in [0.2, 0.25) is 0 Å². The monoisotopic (exact) mass is 115 g/mol. The van der Waals surface area contributed by atoms with Crippen LogP contribution >= 0.6 is 12.6 Å². The number of hydrogen-bond donors (Lipinski definition) is 0. The third-order valence-corrected chi connectivity index (χ3v) is 1.59. The molecule has 1 heteroatoms. The molecule has 1 radical (unpaired) electrons. The molecule has 0 aromatic carbocycles. The normalized spacial score (nSPS) is 18.1. The average molecular weight is 115 g/mol. The summed E-state index contributed by atoms with van der Waals surface area (Å²) < 4.78 is -0.0694. The lowest BCUT2D eigenvalue weighted by atomic mass is 10.1. The minimum absolute atomic E-state index is 0.0694. The summed E-state index contributed by atoms with van der Waals surface area (Å²) >= 11 is 5.03. The zero-order valence-corrected chi connectivity index (χ0v) is 5.72. The Hall–Kier alpha value is 0.0900. The molecule has 41 valence electrons. The summed E-state index contributed by atoms with van der Waals surface area (Å²) in [4.78, 5) is 0. The van der Waals surface area contributed by atoms with Gasteiger partial charge in [0.2, 0.25) is 0 Å². The van der Waals surface area contributed by atoms with Crippen molar-refractivity contribution in [1.82, 2.24) is 0 Å². The van der Waals surface area contributed by atoms with Crippen LogP contribution in [0.3, 0.4) is 0 Å². The van der Waals surface area contributed by atoms with E-state index in [4.69, 9.17) is 12.6 Å². The lowest BCUT2D eigenvalue weighted by Gasteiger charge is -2.12. The molecule has 0 bridgehead atoms. The van der Waals surface area contributed by atoms with Gasteiger partial charge in [-0.05, 0) is 13.3 Å². The maximum absolute atomic E-state index is 5.03. The van der Waals surface area contributed by atoms with Crippen LogP contribution in [0.4, 0.5) is 0 Å². The van der Waals surface area contributed by atoms with Crippen molar-refractivity contribution in [3.63, 3.8) is 0 Å². The molecular formula is C6H11S. The van der Waals surface area contributed by atoms with Crippen LogP contribution in [0.15, 0.2) is 12.7 Å². The molecule has 7 heavy (non-hydrogen) atoms. The van der Waals surface area contributed by atoms with Crippen LogP contribution in [0.25, 0.3) is 0 Å². The van der Waals surface area contributed by atoms with Gasteiger partial charge in [0.05, 0.1) is 0 Å². The predicted octanol–water partition coefficient (Wildman–Crippen LogP) is 2.54. The summed E-state index contributed by atoms with van der Waals surface area (Å²) in [6.45, 7) is 7.66. The van der Waals surface area contributed by atoms with Gasteiger partial charge in [-0.3, -0.25) is 0 Å². The first-order valence-corrected chi connectivity index (χ1v) is 2.87. The van der Waals surface area contributed by atoms with Crippen molar-refractivity contribution in [2.75, 3.05) is 0 Å². The summed E-state index contributed by atoms with van der Waals surface area (Å²) in [5.41, 5.74) is 0. The van der Waals surface area contributed by atoms with Crippen LogP contribution in [0.1, 0.15) is 20.3 Å². The van der Waals surface area contributed by atoms with Gasteiger partial charge in [0.1, 0.15) is 0 Å². The third-order valence-electron chi connectivity index (χ3n) is 1.13. The van der Waals surface area contributed by atoms with Gasteiger partial charge >= 0.3 is 0 Å². The number of hydrogen-bond acceptors (Lipinski definition) is 0. The van der Waals surface area contributed by atoms with Crippen LogP contribution in [-0.4, -0.2) is 4.75 Å². The molecule has 0 aromatic rings. The highest BCUT2D eigenvalue weighted by molar-refractivity contribution is 7.82. The SMILES string of the molecule is C=CC(C)([S])CC. The Balaban J connectivity index is 3.58. The first-order chi connectivity index (χ1) is 3.12. The fraction of sp³-hybridized carbons (Fsp3) is 0.667. The highest BCUT2D eigenvalue weighted by atomic mass is 32.1. The molecule has 0 rings (SSSR count). The fourth-order valence-electron chi connectivity index (χ4n) is 0.144. The summed E-state index contributed by atoms with van der Waals surface area (Å²) in [6.07, 6.45) is 2.80. The topological polar surface area (TPSA) is 0 Å². The first kappa shape index (κ1) is 7.09. The Morgan fingerprint density at radius 2 is 2.29 bits per heavy atom. The molecule has 0 N–H and O–H groups in total. The van der Waals surface area contributed by atoms with Crippen LogP contribution in [0, 0.1) is 0 Å². The summed E-state index contributed by atoms with van der Waals surface area (Å²) in [5, 5.41) is 0. The molecule has 0 aliphatic carbocycles. The minimum atomic E-state index is -0.0694. The first-order valence-electron chi connectivity index (χ1n) is 2.46. The zero-order chi connectivity index (χ0) is 5.91. The van der Waals surface area contributed by atoms with E-state index in [1.807, 2.05) is 13.0 Å². The van der Waals surface area contributed by atoms with E-state index in [9.17, 15) is 0 Å². The van der Waals surface area contributed by atoms with E-state index in [1.54, 1.807) is 0 Å². The maximum atomic E-state index is 5.03. The maximum Gasteiger partial charge on any atom is 0.0409 e. The molecule has 0 fully saturated rings. The largest absolute Gasteiger partial charge is 0.102 e.